The quantitative estimate of drug-likeness (QED) is 0.712. The summed E-state index contributed by atoms with van der Waals surface area (Å²) in [6.45, 7) is 3.97. The molecule has 1 aromatic heterocycles. The predicted molar refractivity (Wildman–Crippen MR) is 110 cm³/mol. The summed E-state index contributed by atoms with van der Waals surface area (Å²) >= 11 is 5.94. The number of hydrogen-bond acceptors (Lipinski definition) is 4. The lowest BCUT2D eigenvalue weighted by Gasteiger charge is -2.30. The molecule has 0 aliphatic carbocycles. The first-order valence-corrected chi connectivity index (χ1v) is 9.54. The van der Waals surface area contributed by atoms with Crippen LogP contribution in [-0.4, -0.2) is 26.4 Å². The summed E-state index contributed by atoms with van der Waals surface area (Å²) in [5.41, 5.74) is 3.63. The van der Waals surface area contributed by atoms with Gasteiger partial charge in [-0.05, 0) is 48.7 Å². The van der Waals surface area contributed by atoms with Crippen LogP contribution in [0.4, 0.5) is 11.6 Å². The zero-order chi connectivity index (χ0) is 19.7. The van der Waals surface area contributed by atoms with Gasteiger partial charge in [0.25, 0.3) is 0 Å². The topological polar surface area (TPSA) is 72.2 Å². The molecule has 0 saturated heterocycles. The Morgan fingerprint density at radius 2 is 1.86 bits per heavy atom. The molecule has 0 radical (unpaired) electrons. The first-order chi connectivity index (χ1) is 13.6. The fourth-order valence-electron chi connectivity index (χ4n) is 3.49. The highest BCUT2D eigenvalue weighted by molar-refractivity contribution is 6.30. The summed E-state index contributed by atoms with van der Waals surface area (Å²) in [6, 6.07) is 15.0. The maximum absolute atomic E-state index is 13.2. The zero-order valence-corrected chi connectivity index (χ0v) is 16.4. The highest BCUT2D eigenvalue weighted by atomic mass is 35.5. The van der Waals surface area contributed by atoms with Crippen LogP contribution in [0.1, 0.15) is 31.0 Å². The number of nitrogens with one attached hydrogen (secondary N) is 1. The molecule has 28 heavy (non-hydrogen) atoms. The van der Waals surface area contributed by atoms with Gasteiger partial charge in [0, 0.05) is 16.4 Å². The zero-order valence-electron chi connectivity index (χ0n) is 15.6. The lowest BCUT2D eigenvalue weighted by molar-refractivity contribution is -0.118. The molecule has 2 aromatic carbocycles. The second-order valence-electron chi connectivity index (χ2n) is 6.77. The number of amides is 1. The van der Waals surface area contributed by atoms with Crippen molar-refractivity contribution in [3.05, 3.63) is 71.0 Å². The van der Waals surface area contributed by atoms with Crippen molar-refractivity contribution < 1.29 is 4.79 Å². The number of halogens is 1. The Hall–Kier alpha value is -2.99. The maximum atomic E-state index is 13.2. The van der Waals surface area contributed by atoms with Gasteiger partial charge in [0.2, 0.25) is 11.9 Å². The number of rotatable bonds is 4. The fourth-order valence-corrected chi connectivity index (χ4v) is 3.61. The molecule has 6 nitrogen and oxygen atoms in total. The van der Waals surface area contributed by atoms with Crippen LogP contribution in [0.3, 0.4) is 0 Å². The minimum absolute atomic E-state index is 0.144. The SMILES string of the molecule is CCc1ccc(C2C(C(=O)Nc3ccc(Cl)cc3)C(C)=Nc3ncnn32)cc1. The van der Waals surface area contributed by atoms with Gasteiger partial charge in [-0.3, -0.25) is 4.79 Å². The van der Waals surface area contributed by atoms with Crippen LogP contribution < -0.4 is 5.32 Å². The van der Waals surface area contributed by atoms with Gasteiger partial charge in [-0.15, -0.1) is 0 Å². The average molecular weight is 394 g/mol. The van der Waals surface area contributed by atoms with Crippen molar-refractivity contribution in [3.63, 3.8) is 0 Å². The normalized spacial score (nSPS) is 18.3. The van der Waals surface area contributed by atoms with E-state index in [0.29, 0.717) is 22.4 Å². The van der Waals surface area contributed by atoms with Gasteiger partial charge in [0.05, 0.1) is 6.04 Å². The second kappa shape index (κ2) is 7.56. The summed E-state index contributed by atoms with van der Waals surface area (Å²) in [6.07, 6.45) is 2.43. The van der Waals surface area contributed by atoms with Crippen molar-refractivity contribution in [1.29, 1.82) is 0 Å². The molecule has 2 unspecified atom stereocenters. The molecule has 4 rings (SSSR count). The minimum Gasteiger partial charge on any atom is -0.325 e. The number of aryl methyl sites for hydroxylation is 1. The van der Waals surface area contributed by atoms with E-state index in [1.807, 2.05) is 6.92 Å². The summed E-state index contributed by atoms with van der Waals surface area (Å²) in [7, 11) is 0. The Morgan fingerprint density at radius 1 is 1.14 bits per heavy atom. The van der Waals surface area contributed by atoms with Crippen LogP contribution in [0.5, 0.6) is 0 Å². The third-order valence-electron chi connectivity index (χ3n) is 4.98. The fraction of sp³-hybridized carbons (Fsp3) is 0.238. The number of anilines is 1. The van der Waals surface area contributed by atoms with Crippen molar-refractivity contribution in [2.24, 2.45) is 10.9 Å². The average Bonchev–Trinajstić information content (AvgIpc) is 3.16. The number of carbonyl (C=O) groups excluding carboxylic acids is 1. The molecule has 1 aliphatic heterocycles. The molecule has 0 bridgehead atoms. The summed E-state index contributed by atoms with van der Waals surface area (Å²) in [5.74, 6) is -0.135. The number of benzene rings is 2. The summed E-state index contributed by atoms with van der Waals surface area (Å²) in [5, 5.41) is 7.94. The smallest absolute Gasteiger partial charge is 0.248 e. The maximum Gasteiger partial charge on any atom is 0.248 e. The number of nitrogens with zero attached hydrogens (tertiary/aromatic N) is 4. The van der Waals surface area contributed by atoms with E-state index in [-0.39, 0.29) is 11.9 Å². The Bertz CT molecular complexity index is 1020. The van der Waals surface area contributed by atoms with Gasteiger partial charge in [-0.1, -0.05) is 42.8 Å². The van der Waals surface area contributed by atoms with Crippen LogP contribution in [0, 0.1) is 5.92 Å². The molecule has 0 saturated carbocycles. The second-order valence-corrected chi connectivity index (χ2v) is 7.21. The number of carbonyl (C=O) groups is 1. The first kappa shape index (κ1) is 18.4. The molecular weight excluding hydrogens is 374 g/mol. The molecule has 2 atom stereocenters. The van der Waals surface area contributed by atoms with E-state index in [1.165, 1.54) is 11.9 Å². The summed E-state index contributed by atoms with van der Waals surface area (Å²) < 4.78 is 1.72. The lowest BCUT2D eigenvalue weighted by atomic mass is 9.87. The van der Waals surface area contributed by atoms with Crippen LogP contribution >= 0.6 is 11.6 Å². The van der Waals surface area contributed by atoms with E-state index >= 15 is 0 Å². The van der Waals surface area contributed by atoms with E-state index in [4.69, 9.17) is 11.6 Å². The van der Waals surface area contributed by atoms with Crippen molar-refractivity contribution in [2.45, 2.75) is 26.3 Å². The standard InChI is InChI=1S/C21H20ClN5O/c1-3-14-4-6-15(7-5-14)19-18(13(2)25-21-23-12-24-27(19)21)20(28)26-17-10-8-16(22)9-11-17/h4-12,18-19H,3H2,1-2H3,(H,26,28). The Kier molecular flexibility index (Phi) is 4.96. The van der Waals surface area contributed by atoms with E-state index in [2.05, 4.69) is 51.6 Å². The van der Waals surface area contributed by atoms with Crippen LogP contribution in [-0.2, 0) is 11.2 Å². The van der Waals surface area contributed by atoms with Crippen molar-refractivity contribution in [3.8, 4) is 0 Å². The number of aromatic nitrogens is 3. The van der Waals surface area contributed by atoms with Crippen molar-refractivity contribution in [2.75, 3.05) is 5.32 Å². The first-order valence-electron chi connectivity index (χ1n) is 9.16. The van der Waals surface area contributed by atoms with E-state index in [0.717, 1.165) is 12.0 Å². The van der Waals surface area contributed by atoms with E-state index in [1.54, 1.807) is 28.9 Å². The molecule has 3 aromatic rings. The lowest BCUT2D eigenvalue weighted by Crippen LogP contribution is -2.39. The van der Waals surface area contributed by atoms with Crippen molar-refractivity contribution in [1.82, 2.24) is 14.8 Å². The number of aliphatic imine (C=N–C) groups is 1. The molecule has 7 heteroatoms. The van der Waals surface area contributed by atoms with Gasteiger partial charge in [0.1, 0.15) is 12.2 Å². The van der Waals surface area contributed by atoms with Crippen LogP contribution in [0.15, 0.2) is 59.9 Å². The predicted octanol–water partition coefficient (Wildman–Crippen LogP) is 4.44. The molecule has 142 valence electrons. The largest absolute Gasteiger partial charge is 0.325 e. The molecule has 0 spiro atoms. The summed E-state index contributed by atoms with van der Waals surface area (Å²) in [4.78, 5) is 21.9. The van der Waals surface area contributed by atoms with Gasteiger partial charge >= 0.3 is 0 Å². The van der Waals surface area contributed by atoms with E-state index < -0.39 is 5.92 Å². The van der Waals surface area contributed by atoms with Gasteiger partial charge < -0.3 is 5.32 Å². The van der Waals surface area contributed by atoms with Crippen LogP contribution in [0.25, 0.3) is 0 Å². The van der Waals surface area contributed by atoms with Crippen LogP contribution in [0.2, 0.25) is 5.02 Å². The molecule has 1 N–H and O–H groups in total. The molecular formula is C21H20ClN5O. The Labute approximate surface area is 168 Å². The molecule has 2 heterocycles. The highest BCUT2D eigenvalue weighted by Gasteiger charge is 2.38. The van der Waals surface area contributed by atoms with Gasteiger partial charge in [-0.25, -0.2) is 9.67 Å². The Morgan fingerprint density at radius 3 is 2.54 bits per heavy atom. The minimum atomic E-state index is -0.502. The molecule has 0 fully saturated rings. The monoisotopic (exact) mass is 393 g/mol. The van der Waals surface area contributed by atoms with Gasteiger partial charge in [-0.2, -0.15) is 10.1 Å². The highest BCUT2D eigenvalue weighted by Crippen LogP contribution is 2.35. The third kappa shape index (κ3) is 3.43. The van der Waals surface area contributed by atoms with Gasteiger partial charge in [0.15, 0.2) is 0 Å². The van der Waals surface area contributed by atoms with Crippen molar-refractivity contribution >= 4 is 34.9 Å². The molecule has 1 aliphatic rings. The number of fused-ring (bicyclic) bond motifs is 1. The Balaban J connectivity index is 1.71. The number of hydrogen-bond donors (Lipinski definition) is 1. The molecule has 1 amide bonds. The van der Waals surface area contributed by atoms with E-state index in [9.17, 15) is 4.79 Å². The third-order valence-corrected chi connectivity index (χ3v) is 5.24.